The summed E-state index contributed by atoms with van der Waals surface area (Å²) < 4.78 is 1.75. The van der Waals surface area contributed by atoms with Crippen LogP contribution in [0.3, 0.4) is 0 Å². The number of hydrogen-bond donors (Lipinski definition) is 1. The molecule has 0 radical (unpaired) electrons. The van der Waals surface area contributed by atoms with Crippen LogP contribution in [0.1, 0.15) is 30.2 Å². The maximum atomic E-state index is 12.2. The molecule has 122 valence electrons. The summed E-state index contributed by atoms with van der Waals surface area (Å²) >= 11 is 6.00. The van der Waals surface area contributed by atoms with Gasteiger partial charge in [-0.15, -0.1) is 10.2 Å². The van der Waals surface area contributed by atoms with E-state index in [-0.39, 0.29) is 23.2 Å². The van der Waals surface area contributed by atoms with Gasteiger partial charge in [-0.2, -0.15) is 0 Å². The lowest BCUT2D eigenvalue weighted by Crippen LogP contribution is -1.98. The Morgan fingerprint density at radius 1 is 1.12 bits per heavy atom. The fraction of sp³-hybridized carbons (Fsp3) is 0.167. The monoisotopic (exact) mass is 341 g/mol. The molecule has 0 unspecified atom stereocenters. The van der Waals surface area contributed by atoms with Gasteiger partial charge < -0.3 is 9.67 Å². The first-order chi connectivity index (χ1) is 11.5. The first-order valence-electron chi connectivity index (χ1n) is 7.53. The molecule has 0 bridgehead atoms. The van der Waals surface area contributed by atoms with Gasteiger partial charge in [-0.25, -0.2) is 0 Å². The van der Waals surface area contributed by atoms with Gasteiger partial charge in [0.1, 0.15) is 0 Å². The van der Waals surface area contributed by atoms with E-state index in [0.717, 1.165) is 10.9 Å². The number of nitrogens with zero attached hydrogens (tertiary/aromatic N) is 3. The molecule has 0 spiro atoms. The Kier molecular flexibility index (Phi) is 4.36. The number of amides is 1. The standard InChI is InChI=1S/C18H16ClN3O2/c1-11(2)22-15-10-6-4-8-13(15)16(18(22)24)20-21-17(23)12-7-3-5-9-14(12)19/h3-11,24H,1-2H3. The lowest BCUT2D eigenvalue weighted by Gasteiger charge is -2.10. The molecule has 0 aliphatic carbocycles. The summed E-state index contributed by atoms with van der Waals surface area (Å²) in [6.07, 6.45) is 0. The average Bonchev–Trinajstić information content (AvgIpc) is 2.84. The third-order valence-corrected chi connectivity index (χ3v) is 4.05. The quantitative estimate of drug-likeness (QED) is 0.638. The molecule has 5 nitrogen and oxygen atoms in total. The molecule has 0 aliphatic heterocycles. The Balaban J connectivity index is 2.06. The molecule has 0 saturated carbocycles. The van der Waals surface area contributed by atoms with Crippen molar-refractivity contribution < 1.29 is 9.90 Å². The summed E-state index contributed by atoms with van der Waals surface area (Å²) in [6, 6.07) is 14.1. The van der Waals surface area contributed by atoms with Gasteiger partial charge in [0.2, 0.25) is 5.88 Å². The minimum atomic E-state index is -0.554. The molecule has 6 heteroatoms. The molecule has 0 fully saturated rings. The van der Waals surface area contributed by atoms with E-state index in [0.29, 0.717) is 5.02 Å². The van der Waals surface area contributed by atoms with Crippen LogP contribution in [0, 0.1) is 0 Å². The minimum Gasteiger partial charge on any atom is -0.493 e. The van der Waals surface area contributed by atoms with E-state index in [1.807, 2.05) is 38.1 Å². The van der Waals surface area contributed by atoms with Crippen molar-refractivity contribution in [2.45, 2.75) is 19.9 Å². The molecular weight excluding hydrogens is 326 g/mol. The van der Waals surface area contributed by atoms with Crippen LogP contribution >= 0.6 is 11.6 Å². The second-order valence-electron chi connectivity index (χ2n) is 5.64. The summed E-state index contributed by atoms with van der Waals surface area (Å²) in [7, 11) is 0. The Hall–Kier alpha value is -2.66. The molecule has 1 amide bonds. The Labute approximate surface area is 144 Å². The molecular formula is C18H16ClN3O2. The van der Waals surface area contributed by atoms with Crippen molar-refractivity contribution in [2.75, 3.05) is 0 Å². The number of azo groups is 1. The van der Waals surface area contributed by atoms with Gasteiger partial charge in [0.05, 0.1) is 16.1 Å². The van der Waals surface area contributed by atoms with Crippen LogP contribution in [-0.2, 0) is 0 Å². The normalized spacial score (nSPS) is 11.7. The van der Waals surface area contributed by atoms with E-state index < -0.39 is 5.91 Å². The minimum absolute atomic E-state index is 0.0121. The van der Waals surface area contributed by atoms with Crippen molar-refractivity contribution >= 4 is 34.1 Å². The number of para-hydroxylation sites is 1. The lowest BCUT2D eigenvalue weighted by atomic mass is 10.2. The Morgan fingerprint density at radius 2 is 1.79 bits per heavy atom. The van der Waals surface area contributed by atoms with Crippen molar-refractivity contribution in [1.29, 1.82) is 0 Å². The van der Waals surface area contributed by atoms with Gasteiger partial charge in [-0.1, -0.05) is 41.9 Å². The number of fused-ring (bicyclic) bond motifs is 1. The van der Waals surface area contributed by atoms with Gasteiger partial charge in [-0.05, 0) is 32.0 Å². The number of benzene rings is 2. The highest BCUT2D eigenvalue weighted by Crippen LogP contribution is 2.40. The number of aromatic nitrogens is 1. The maximum Gasteiger partial charge on any atom is 0.296 e. The maximum absolute atomic E-state index is 12.2. The van der Waals surface area contributed by atoms with Crippen molar-refractivity contribution in [3.05, 3.63) is 59.1 Å². The third kappa shape index (κ3) is 2.78. The van der Waals surface area contributed by atoms with Crippen molar-refractivity contribution in [3.8, 4) is 5.88 Å². The van der Waals surface area contributed by atoms with E-state index >= 15 is 0 Å². The van der Waals surface area contributed by atoms with Crippen LogP contribution in [0.5, 0.6) is 5.88 Å². The SMILES string of the molecule is CC(C)n1c(O)c(N=NC(=O)c2ccccc2Cl)c2ccccc21. The molecule has 1 aromatic heterocycles. The van der Waals surface area contributed by atoms with Crippen LogP contribution in [0.4, 0.5) is 5.69 Å². The average molecular weight is 342 g/mol. The topological polar surface area (TPSA) is 66.9 Å². The van der Waals surface area contributed by atoms with E-state index in [2.05, 4.69) is 10.2 Å². The van der Waals surface area contributed by atoms with Crippen molar-refractivity contribution in [2.24, 2.45) is 10.2 Å². The number of aromatic hydroxyl groups is 1. The smallest absolute Gasteiger partial charge is 0.296 e. The first-order valence-corrected chi connectivity index (χ1v) is 7.91. The number of halogens is 1. The Bertz CT molecular complexity index is 945. The summed E-state index contributed by atoms with van der Waals surface area (Å²) in [5.41, 5.74) is 1.39. The largest absolute Gasteiger partial charge is 0.493 e. The second kappa shape index (κ2) is 6.45. The first kappa shape index (κ1) is 16.2. The summed E-state index contributed by atoms with van der Waals surface area (Å²) in [5.74, 6) is -0.566. The summed E-state index contributed by atoms with van der Waals surface area (Å²) in [4.78, 5) is 12.2. The predicted molar refractivity (Wildman–Crippen MR) is 94.3 cm³/mol. The van der Waals surface area contributed by atoms with Crippen LogP contribution in [0.2, 0.25) is 5.02 Å². The van der Waals surface area contributed by atoms with E-state index in [1.54, 1.807) is 28.8 Å². The third-order valence-electron chi connectivity index (χ3n) is 3.72. The highest BCUT2D eigenvalue weighted by molar-refractivity contribution is 6.33. The second-order valence-corrected chi connectivity index (χ2v) is 6.05. The Morgan fingerprint density at radius 3 is 2.50 bits per heavy atom. The van der Waals surface area contributed by atoms with E-state index in [9.17, 15) is 9.90 Å². The fourth-order valence-corrected chi connectivity index (χ4v) is 2.85. The van der Waals surface area contributed by atoms with Crippen LogP contribution in [0.25, 0.3) is 10.9 Å². The van der Waals surface area contributed by atoms with Crippen LogP contribution in [-0.4, -0.2) is 15.6 Å². The predicted octanol–water partition coefficient (Wildman–Crippen LogP) is 5.51. The van der Waals surface area contributed by atoms with Gasteiger partial charge >= 0.3 is 0 Å². The summed E-state index contributed by atoms with van der Waals surface area (Å²) in [5, 5.41) is 19.3. The molecule has 3 rings (SSSR count). The molecule has 1 N–H and O–H groups in total. The lowest BCUT2D eigenvalue weighted by molar-refractivity contribution is 0.0995. The van der Waals surface area contributed by atoms with Gasteiger partial charge in [0.15, 0.2) is 5.69 Å². The number of carbonyl (C=O) groups excluding carboxylic acids is 1. The zero-order valence-electron chi connectivity index (χ0n) is 13.3. The number of hydrogen-bond acceptors (Lipinski definition) is 3. The molecule has 3 aromatic rings. The van der Waals surface area contributed by atoms with Crippen molar-refractivity contribution in [3.63, 3.8) is 0 Å². The molecule has 1 heterocycles. The van der Waals surface area contributed by atoms with E-state index in [1.165, 1.54) is 0 Å². The molecule has 0 atom stereocenters. The zero-order valence-corrected chi connectivity index (χ0v) is 14.0. The zero-order chi connectivity index (χ0) is 17.3. The van der Waals surface area contributed by atoms with E-state index in [4.69, 9.17) is 11.6 Å². The molecule has 0 saturated heterocycles. The van der Waals surface area contributed by atoms with Gasteiger partial charge in [0, 0.05) is 11.4 Å². The fourth-order valence-electron chi connectivity index (χ4n) is 2.64. The highest BCUT2D eigenvalue weighted by Gasteiger charge is 2.18. The molecule has 0 aliphatic rings. The van der Waals surface area contributed by atoms with Gasteiger partial charge in [0.25, 0.3) is 5.91 Å². The van der Waals surface area contributed by atoms with Gasteiger partial charge in [-0.3, -0.25) is 4.79 Å². The number of rotatable bonds is 3. The van der Waals surface area contributed by atoms with Crippen LogP contribution < -0.4 is 0 Å². The summed E-state index contributed by atoms with van der Waals surface area (Å²) in [6.45, 7) is 3.92. The molecule has 24 heavy (non-hydrogen) atoms. The van der Waals surface area contributed by atoms with Crippen LogP contribution in [0.15, 0.2) is 58.8 Å². The van der Waals surface area contributed by atoms with Crippen molar-refractivity contribution in [1.82, 2.24) is 4.57 Å². The molecule has 2 aromatic carbocycles. The highest BCUT2D eigenvalue weighted by atomic mass is 35.5. The number of carbonyl (C=O) groups is 1.